The van der Waals surface area contributed by atoms with Crippen LogP contribution in [0.15, 0.2) is 22.6 Å². The van der Waals surface area contributed by atoms with Crippen LogP contribution in [0.3, 0.4) is 0 Å². The van der Waals surface area contributed by atoms with E-state index in [0.29, 0.717) is 24.4 Å². The van der Waals surface area contributed by atoms with Crippen LogP contribution in [0, 0.1) is 6.92 Å². The van der Waals surface area contributed by atoms with Crippen LogP contribution in [0.1, 0.15) is 17.0 Å². The van der Waals surface area contributed by atoms with E-state index < -0.39 is 11.7 Å². The van der Waals surface area contributed by atoms with Gasteiger partial charge in [-0.3, -0.25) is 0 Å². The SMILES string of the molecule is Cc1ccc(C(F)(F)F)cc1Nc1nnc(CCN)o1. The Bertz CT molecular complexity index is 595. The van der Waals surface area contributed by atoms with Crippen molar-refractivity contribution in [1.29, 1.82) is 0 Å². The first-order valence-electron chi connectivity index (χ1n) is 5.87. The Balaban J connectivity index is 2.23. The van der Waals surface area contributed by atoms with E-state index in [1.165, 1.54) is 6.07 Å². The molecule has 0 radical (unpaired) electrons. The van der Waals surface area contributed by atoms with Crippen molar-refractivity contribution in [1.82, 2.24) is 10.2 Å². The van der Waals surface area contributed by atoms with Gasteiger partial charge in [0.25, 0.3) is 0 Å². The van der Waals surface area contributed by atoms with Crippen LogP contribution in [-0.2, 0) is 12.6 Å². The predicted octanol–water partition coefficient (Wildman–Crippen LogP) is 2.64. The fourth-order valence-electron chi connectivity index (χ4n) is 1.58. The number of halogens is 3. The molecule has 0 saturated heterocycles. The summed E-state index contributed by atoms with van der Waals surface area (Å²) in [7, 11) is 0. The molecular weight excluding hydrogens is 273 g/mol. The highest BCUT2D eigenvalue weighted by molar-refractivity contribution is 5.58. The van der Waals surface area contributed by atoms with Crippen LogP contribution in [0.25, 0.3) is 0 Å². The topological polar surface area (TPSA) is 77.0 Å². The Morgan fingerprint density at radius 3 is 2.70 bits per heavy atom. The maximum Gasteiger partial charge on any atom is 0.416 e. The lowest BCUT2D eigenvalue weighted by molar-refractivity contribution is -0.137. The number of benzene rings is 1. The lowest BCUT2D eigenvalue weighted by Crippen LogP contribution is -2.06. The molecule has 1 heterocycles. The first-order valence-corrected chi connectivity index (χ1v) is 5.87. The molecule has 0 fully saturated rings. The summed E-state index contributed by atoms with van der Waals surface area (Å²) >= 11 is 0. The molecule has 5 nitrogen and oxygen atoms in total. The molecule has 0 aliphatic heterocycles. The smallest absolute Gasteiger partial charge is 0.408 e. The Kier molecular flexibility index (Phi) is 3.93. The van der Waals surface area contributed by atoms with Crippen molar-refractivity contribution in [3.8, 4) is 0 Å². The van der Waals surface area contributed by atoms with Gasteiger partial charge in [0.1, 0.15) is 0 Å². The van der Waals surface area contributed by atoms with Crippen LogP contribution >= 0.6 is 0 Å². The van der Waals surface area contributed by atoms with Gasteiger partial charge in [-0.25, -0.2) is 0 Å². The van der Waals surface area contributed by atoms with Crippen molar-refractivity contribution in [2.45, 2.75) is 19.5 Å². The predicted molar refractivity (Wildman–Crippen MR) is 66.5 cm³/mol. The zero-order valence-electron chi connectivity index (χ0n) is 10.7. The Morgan fingerprint density at radius 1 is 1.30 bits per heavy atom. The number of hydrogen-bond acceptors (Lipinski definition) is 5. The molecule has 20 heavy (non-hydrogen) atoms. The summed E-state index contributed by atoms with van der Waals surface area (Å²) in [5, 5.41) is 10.1. The van der Waals surface area contributed by atoms with E-state index in [1.807, 2.05) is 0 Å². The van der Waals surface area contributed by atoms with E-state index in [2.05, 4.69) is 15.5 Å². The molecule has 3 N–H and O–H groups in total. The molecule has 0 aliphatic rings. The highest BCUT2D eigenvalue weighted by Crippen LogP contribution is 2.32. The van der Waals surface area contributed by atoms with Crippen LogP contribution in [0.2, 0.25) is 0 Å². The summed E-state index contributed by atoms with van der Waals surface area (Å²) in [5.74, 6) is 0.333. The second kappa shape index (κ2) is 5.49. The Labute approximate surface area is 113 Å². The van der Waals surface area contributed by atoms with Gasteiger partial charge in [0, 0.05) is 18.7 Å². The maximum atomic E-state index is 12.6. The van der Waals surface area contributed by atoms with Gasteiger partial charge in [-0.2, -0.15) is 13.2 Å². The lowest BCUT2D eigenvalue weighted by atomic mass is 10.1. The number of nitrogens with one attached hydrogen (secondary N) is 1. The van der Waals surface area contributed by atoms with E-state index in [0.717, 1.165) is 12.1 Å². The second-order valence-electron chi connectivity index (χ2n) is 4.19. The van der Waals surface area contributed by atoms with Gasteiger partial charge in [0.2, 0.25) is 5.89 Å². The Morgan fingerprint density at radius 2 is 2.05 bits per heavy atom. The summed E-state index contributed by atoms with van der Waals surface area (Å²) in [6.07, 6.45) is -3.99. The molecular formula is C12H13F3N4O. The number of nitrogens with two attached hydrogens (primary N) is 1. The fraction of sp³-hybridized carbons (Fsp3) is 0.333. The van der Waals surface area contributed by atoms with E-state index in [4.69, 9.17) is 10.2 Å². The third kappa shape index (κ3) is 3.27. The highest BCUT2D eigenvalue weighted by atomic mass is 19.4. The number of alkyl halides is 3. The van der Waals surface area contributed by atoms with Crippen molar-refractivity contribution >= 4 is 11.7 Å². The quantitative estimate of drug-likeness (QED) is 0.903. The summed E-state index contributed by atoms with van der Waals surface area (Å²) in [6, 6.07) is 3.44. The first-order chi connectivity index (χ1) is 9.40. The molecule has 0 spiro atoms. The molecule has 0 aliphatic carbocycles. The lowest BCUT2D eigenvalue weighted by Gasteiger charge is -2.11. The molecule has 0 saturated carbocycles. The van der Waals surface area contributed by atoms with Crippen molar-refractivity contribution in [2.24, 2.45) is 5.73 Å². The van der Waals surface area contributed by atoms with Crippen molar-refractivity contribution < 1.29 is 17.6 Å². The van der Waals surface area contributed by atoms with Gasteiger partial charge in [-0.15, -0.1) is 5.10 Å². The maximum absolute atomic E-state index is 12.6. The molecule has 108 valence electrons. The minimum Gasteiger partial charge on any atom is -0.408 e. The van der Waals surface area contributed by atoms with Crippen molar-refractivity contribution in [3.63, 3.8) is 0 Å². The Hall–Kier alpha value is -2.09. The van der Waals surface area contributed by atoms with E-state index >= 15 is 0 Å². The number of anilines is 2. The zero-order chi connectivity index (χ0) is 14.8. The van der Waals surface area contributed by atoms with Gasteiger partial charge in [-0.1, -0.05) is 11.2 Å². The number of aromatic nitrogens is 2. The molecule has 0 bridgehead atoms. The summed E-state index contributed by atoms with van der Waals surface area (Å²) in [4.78, 5) is 0. The standard InChI is InChI=1S/C12H13F3N4O/c1-7-2-3-8(12(13,14)15)6-9(7)17-11-19-18-10(20-11)4-5-16/h2-3,6H,4-5,16H2,1H3,(H,17,19). The van der Waals surface area contributed by atoms with Gasteiger partial charge in [-0.05, 0) is 24.6 Å². The van der Waals surface area contributed by atoms with Gasteiger partial charge in [0.15, 0.2) is 0 Å². The van der Waals surface area contributed by atoms with E-state index in [9.17, 15) is 13.2 Å². The summed E-state index contributed by atoms with van der Waals surface area (Å²) in [6.45, 7) is 2.03. The molecule has 0 unspecified atom stereocenters. The fourth-order valence-corrected chi connectivity index (χ4v) is 1.58. The molecule has 0 atom stereocenters. The third-order valence-corrected chi connectivity index (χ3v) is 2.63. The van der Waals surface area contributed by atoms with Gasteiger partial charge in [0.05, 0.1) is 5.56 Å². The van der Waals surface area contributed by atoms with Crippen LogP contribution in [0.4, 0.5) is 24.9 Å². The van der Waals surface area contributed by atoms with Gasteiger partial charge >= 0.3 is 12.2 Å². The summed E-state index contributed by atoms with van der Waals surface area (Å²) in [5.41, 5.74) is 5.50. The van der Waals surface area contributed by atoms with Gasteiger partial charge < -0.3 is 15.5 Å². The van der Waals surface area contributed by atoms with Crippen LogP contribution in [0.5, 0.6) is 0 Å². The molecule has 1 aromatic heterocycles. The molecule has 1 aromatic carbocycles. The number of aryl methyl sites for hydroxylation is 1. The number of rotatable bonds is 4. The summed E-state index contributed by atoms with van der Waals surface area (Å²) < 4.78 is 43.2. The minimum atomic E-state index is -4.40. The zero-order valence-corrected chi connectivity index (χ0v) is 10.7. The highest BCUT2D eigenvalue weighted by Gasteiger charge is 2.30. The average Bonchev–Trinajstić information content (AvgIpc) is 2.78. The molecule has 2 aromatic rings. The number of nitrogens with zero attached hydrogens (tertiary/aromatic N) is 2. The van der Waals surface area contributed by atoms with Crippen LogP contribution < -0.4 is 11.1 Å². The van der Waals surface area contributed by atoms with E-state index in [-0.39, 0.29) is 11.7 Å². The van der Waals surface area contributed by atoms with E-state index in [1.54, 1.807) is 6.92 Å². The molecule has 0 amide bonds. The normalized spacial score (nSPS) is 11.7. The monoisotopic (exact) mass is 286 g/mol. The third-order valence-electron chi connectivity index (χ3n) is 2.63. The second-order valence-corrected chi connectivity index (χ2v) is 4.19. The molecule has 8 heteroatoms. The van der Waals surface area contributed by atoms with Crippen molar-refractivity contribution in [2.75, 3.05) is 11.9 Å². The minimum absolute atomic E-state index is 0.0378. The van der Waals surface area contributed by atoms with Crippen LogP contribution in [-0.4, -0.2) is 16.7 Å². The number of hydrogen-bond donors (Lipinski definition) is 2. The molecule has 2 rings (SSSR count). The first kappa shape index (κ1) is 14.3. The van der Waals surface area contributed by atoms with Crippen molar-refractivity contribution in [3.05, 3.63) is 35.2 Å². The average molecular weight is 286 g/mol. The largest absolute Gasteiger partial charge is 0.416 e.